The summed E-state index contributed by atoms with van der Waals surface area (Å²) in [7, 11) is -3.18. The predicted octanol–water partition coefficient (Wildman–Crippen LogP) is 2.58. The molecule has 9 nitrogen and oxygen atoms in total. The van der Waals surface area contributed by atoms with Crippen molar-refractivity contribution in [3.8, 4) is 0 Å². The first-order valence-corrected chi connectivity index (χ1v) is 10.9. The fourth-order valence-electron chi connectivity index (χ4n) is 3.03. The number of piperazine rings is 1. The van der Waals surface area contributed by atoms with Crippen LogP contribution in [0, 0.1) is 10.1 Å². The highest BCUT2D eigenvalue weighted by atomic mass is 35.5. The van der Waals surface area contributed by atoms with E-state index < -0.39 is 20.9 Å². The van der Waals surface area contributed by atoms with Gasteiger partial charge in [-0.25, -0.2) is 8.42 Å². The molecule has 29 heavy (non-hydrogen) atoms. The SMILES string of the molecule is CS(=O)(=O)N1CCN(c2ccc(NC(=O)c3cc([N+](=O)[O-])ccc3Cl)cc2)CC1. The summed E-state index contributed by atoms with van der Waals surface area (Å²) in [6.45, 7) is 1.98. The van der Waals surface area contributed by atoms with Gasteiger partial charge in [0, 0.05) is 49.7 Å². The van der Waals surface area contributed by atoms with Crippen LogP contribution in [0.3, 0.4) is 0 Å². The van der Waals surface area contributed by atoms with Gasteiger partial charge in [-0.2, -0.15) is 4.31 Å². The molecule has 1 amide bonds. The Kier molecular flexibility index (Phi) is 6.06. The van der Waals surface area contributed by atoms with Gasteiger partial charge < -0.3 is 10.2 Å². The molecule has 2 aromatic rings. The van der Waals surface area contributed by atoms with Crippen molar-refractivity contribution in [2.45, 2.75) is 0 Å². The van der Waals surface area contributed by atoms with Gasteiger partial charge in [0.25, 0.3) is 11.6 Å². The van der Waals surface area contributed by atoms with Crippen LogP contribution in [0.1, 0.15) is 10.4 Å². The zero-order chi connectivity index (χ0) is 21.2. The lowest BCUT2D eigenvalue weighted by atomic mass is 10.1. The monoisotopic (exact) mass is 438 g/mol. The van der Waals surface area contributed by atoms with Gasteiger partial charge in [-0.15, -0.1) is 0 Å². The number of halogens is 1. The van der Waals surface area contributed by atoms with Crippen molar-refractivity contribution >= 4 is 44.6 Å². The lowest BCUT2D eigenvalue weighted by Gasteiger charge is -2.34. The number of amides is 1. The Labute approximate surface area is 173 Å². The maximum atomic E-state index is 12.4. The second-order valence-electron chi connectivity index (χ2n) is 6.57. The molecule has 0 radical (unpaired) electrons. The van der Waals surface area contributed by atoms with Gasteiger partial charge in [-0.3, -0.25) is 14.9 Å². The molecule has 0 unspecified atom stereocenters. The van der Waals surface area contributed by atoms with Crippen molar-refractivity contribution in [2.24, 2.45) is 0 Å². The molecule has 1 saturated heterocycles. The molecule has 1 heterocycles. The third kappa shape index (κ3) is 5.03. The van der Waals surface area contributed by atoms with E-state index >= 15 is 0 Å². The maximum absolute atomic E-state index is 12.4. The highest BCUT2D eigenvalue weighted by molar-refractivity contribution is 7.88. The normalized spacial score (nSPS) is 15.2. The Morgan fingerprint density at radius 2 is 1.72 bits per heavy atom. The molecule has 1 fully saturated rings. The van der Waals surface area contributed by atoms with Crippen molar-refractivity contribution in [2.75, 3.05) is 42.7 Å². The summed E-state index contributed by atoms with van der Waals surface area (Å²) in [5.74, 6) is -0.548. The predicted molar refractivity (Wildman–Crippen MR) is 111 cm³/mol. The minimum atomic E-state index is -3.18. The van der Waals surface area contributed by atoms with Gasteiger partial charge in [-0.1, -0.05) is 11.6 Å². The van der Waals surface area contributed by atoms with Crippen LogP contribution in [0.2, 0.25) is 5.02 Å². The van der Waals surface area contributed by atoms with Gasteiger partial charge in [0.2, 0.25) is 10.0 Å². The zero-order valence-electron chi connectivity index (χ0n) is 15.5. The number of nitro benzene ring substituents is 1. The fraction of sp³-hybridized carbons (Fsp3) is 0.278. The van der Waals surface area contributed by atoms with E-state index in [0.29, 0.717) is 31.9 Å². The number of nitro groups is 1. The molecular weight excluding hydrogens is 420 g/mol. The number of carbonyl (C=O) groups excluding carboxylic acids is 1. The van der Waals surface area contributed by atoms with E-state index in [4.69, 9.17) is 11.6 Å². The molecule has 0 aromatic heterocycles. The topological polar surface area (TPSA) is 113 Å². The van der Waals surface area contributed by atoms with Crippen molar-refractivity contribution in [1.29, 1.82) is 0 Å². The number of carbonyl (C=O) groups is 1. The van der Waals surface area contributed by atoms with Crippen LogP contribution < -0.4 is 10.2 Å². The van der Waals surface area contributed by atoms with Gasteiger partial charge >= 0.3 is 0 Å². The molecule has 1 N–H and O–H groups in total. The number of anilines is 2. The second-order valence-corrected chi connectivity index (χ2v) is 8.96. The maximum Gasteiger partial charge on any atom is 0.270 e. The number of nitrogens with one attached hydrogen (secondary N) is 1. The average Bonchev–Trinajstić information content (AvgIpc) is 2.68. The van der Waals surface area contributed by atoms with Crippen molar-refractivity contribution < 1.29 is 18.1 Å². The highest BCUT2D eigenvalue weighted by Gasteiger charge is 2.23. The molecule has 1 aliphatic rings. The molecule has 1 aliphatic heterocycles. The summed E-state index contributed by atoms with van der Waals surface area (Å²) in [5, 5.41) is 13.7. The van der Waals surface area contributed by atoms with Crippen LogP contribution in [-0.4, -0.2) is 56.0 Å². The lowest BCUT2D eigenvalue weighted by Crippen LogP contribution is -2.48. The largest absolute Gasteiger partial charge is 0.369 e. The van der Waals surface area contributed by atoms with E-state index in [-0.39, 0.29) is 16.3 Å². The Morgan fingerprint density at radius 1 is 1.10 bits per heavy atom. The second kappa shape index (κ2) is 8.36. The Morgan fingerprint density at radius 3 is 2.28 bits per heavy atom. The third-order valence-electron chi connectivity index (χ3n) is 4.60. The third-order valence-corrected chi connectivity index (χ3v) is 6.24. The van der Waals surface area contributed by atoms with Crippen LogP contribution in [0.15, 0.2) is 42.5 Å². The number of nitrogens with zero attached hydrogens (tertiary/aromatic N) is 3. The summed E-state index contributed by atoms with van der Waals surface area (Å²) in [6, 6.07) is 10.7. The summed E-state index contributed by atoms with van der Waals surface area (Å²) in [4.78, 5) is 24.8. The summed E-state index contributed by atoms with van der Waals surface area (Å²) < 4.78 is 24.6. The molecule has 3 rings (SSSR count). The molecule has 0 saturated carbocycles. The smallest absolute Gasteiger partial charge is 0.270 e. The van der Waals surface area contributed by atoms with Crippen molar-refractivity contribution in [1.82, 2.24) is 4.31 Å². The molecule has 0 bridgehead atoms. The first kappa shape index (κ1) is 21.0. The Hall–Kier alpha value is -2.69. The van der Waals surface area contributed by atoms with E-state index in [0.717, 1.165) is 11.8 Å². The van der Waals surface area contributed by atoms with Crippen LogP contribution in [-0.2, 0) is 10.0 Å². The van der Waals surface area contributed by atoms with Crippen LogP contribution >= 0.6 is 11.6 Å². The van der Waals surface area contributed by atoms with Gasteiger partial charge in [0.1, 0.15) is 0 Å². The fourth-order valence-corrected chi connectivity index (χ4v) is 4.06. The first-order chi connectivity index (χ1) is 13.6. The molecule has 154 valence electrons. The van der Waals surface area contributed by atoms with Crippen LogP contribution in [0.4, 0.5) is 17.1 Å². The van der Waals surface area contributed by atoms with Gasteiger partial charge in [0.05, 0.1) is 21.8 Å². The summed E-state index contributed by atoms with van der Waals surface area (Å²) in [6.07, 6.45) is 1.20. The zero-order valence-corrected chi connectivity index (χ0v) is 17.1. The quantitative estimate of drug-likeness (QED) is 0.567. The van der Waals surface area contributed by atoms with Gasteiger partial charge in [0.15, 0.2) is 0 Å². The number of non-ortho nitro benzene ring substituents is 1. The molecule has 11 heteroatoms. The van der Waals surface area contributed by atoms with E-state index in [1.165, 1.54) is 22.7 Å². The Bertz CT molecular complexity index is 1030. The lowest BCUT2D eigenvalue weighted by molar-refractivity contribution is -0.384. The molecular formula is C18H19ClN4O5S. The Balaban J connectivity index is 1.66. The minimum Gasteiger partial charge on any atom is -0.369 e. The van der Waals surface area contributed by atoms with Crippen molar-refractivity contribution in [3.05, 3.63) is 63.2 Å². The highest BCUT2D eigenvalue weighted by Crippen LogP contribution is 2.24. The van der Waals surface area contributed by atoms with E-state index in [1.54, 1.807) is 12.1 Å². The minimum absolute atomic E-state index is 0.0156. The van der Waals surface area contributed by atoms with Crippen molar-refractivity contribution in [3.63, 3.8) is 0 Å². The first-order valence-electron chi connectivity index (χ1n) is 8.70. The van der Waals surface area contributed by atoms with E-state index in [2.05, 4.69) is 10.2 Å². The number of hydrogen-bond acceptors (Lipinski definition) is 6. The van der Waals surface area contributed by atoms with E-state index in [1.807, 2.05) is 12.1 Å². The molecule has 0 aliphatic carbocycles. The summed E-state index contributed by atoms with van der Waals surface area (Å²) in [5.41, 5.74) is 1.21. The number of sulfonamides is 1. The summed E-state index contributed by atoms with van der Waals surface area (Å²) >= 11 is 6.00. The molecule has 0 atom stereocenters. The molecule has 2 aromatic carbocycles. The van der Waals surface area contributed by atoms with Crippen LogP contribution in [0.5, 0.6) is 0 Å². The molecule has 0 spiro atoms. The number of benzene rings is 2. The van der Waals surface area contributed by atoms with E-state index in [9.17, 15) is 23.3 Å². The average molecular weight is 439 g/mol. The van der Waals surface area contributed by atoms with Crippen LogP contribution in [0.25, 0.3) is 0 Å². The van der Waals surface area contributed by atoms with Gasteiger partial charge in [-0.05, 0) is 30.3 Å². The standard InChI is InChI=1S/C18H19ClN4O5S/c1-29(27,28)22-10-8-21(9-11-22)14-4-2-13(3-5-14)20-18(24)16-12-15(23(25)26)6-7-17(16)19/h2-7,12H,8-11H2,1H3,(H,20,24). The number of rotatable bonds is 5. The number of hydrogen-bond donors (Lipinski definition) is 1.